The van der Waals surface area contributed by atoms with E-state index in [1.54, 1.807) is 18.3 Å². The molecule has 5 rings (SSSR count). The number of fused-ring (bicyclic) bond motifs is 1. The fourth-order valence-electron chi connectivity index (χ4n) is 4.02. The van der Waals surface area contributed by atoms with Crippen molar-refractivity contribution in [1.29, 1.82) is 0 Å². The Morgan fingerprint density at radius 3 is 2.91 bits per heavy atom. The van der Waals surface area contributed by atoms with Crippen molar-refractivity contribution in [1.82, 2.24) is 25.2 Å². The van der Waals surface area contributed by atoms with Crippen molar-refractivity contribution in [2.75, 3.05) is 18.4 Å². The first-order valence-electron chi connectivity index (χ1n) is 10.5. The summed E-state index contributed by atoms with van der Waals surface area (Å²) in [7, 11) is 0. The molecule has 2 saturated heterocycles. The number of piperidine rings is 1. The summed E-state index contributed by atoms with van der Waals surface area (Å²) in [5.41, 5.74) is 1.65. The standard InChI is InChI=1S/C23H22N6O2S/c30-21-20(32-23(31)28-21)11-17-7-8-24-22(26-17)27-18-6-3-9-29(13-18)14-19-10-15-4-1-2-5-16(15)12-25-19/h1-2,4-5,7-8,10-12,18H,3,6,9,13-14H2,(H,24,26,27)(H,28,30,31)/b20-11-/t18-/m0/s1. The number of hydrogen-bond acceptors (Lipinski definition) is 8. The maximum Gasteiger partial charge on any atom is 0.290 e. The van der Waals surface area contributed by atoms with E-state index in [4.69, 9.17) is 0 Å². The number of benzene rings is 1. The van der Waals surface area contributed by atoms with E-state index in [-0.39, 0.29) is 11.3 Å². The molecule has 0 aliphatic carbocycles. The van der Waals surface area contributed by atoms with Crippen molar-refractivity contribution in [3.8, 4) is 0 Å². The molecule has 2 N–H and O–H groups in total. The number of carbonyl (C=O) groups excluding carboxylic acids is 2. The Kier molecular flexibility index (Phi) is 5.83. The van der Waals surface area contributed by atoms with Gasteiger partial charge in [0, 0.05) is 36.9 Å². The zero-order valence-corrected chi connectivity index (χ0v) is 18.1. The molecular weight excluding hydrogens is 424 g/mol. The molecule has 9 heteroatoms. The second-order valence-corrected chi connectivity index (χ2v) is 8.91. The Bertz CT molecular complexity index is 1210. The Balaban J connectivity index is 1.23. The van der Waals surface area contributed by atoms with E-state index in [1.165, 1.54) is 5.39 Å². The third kappa shape index (κ3) is 4.79. The van der Waals surface area contributed by atoms with Crippen LogP contribution in [0.2, 0.25) is 0 Å². The van der Waals surface area contributed by atoms with Crippen molar-refractivity contribution in [3.05, 3.63) is 65.1 Å². The lowest BCUT2D eigenvalue weighted by molar-refractivity contribution is -0.115. The highest BCUT2D eigenvalue weighted by Crippen LogP contribution is 2.25. The number of hydrogen-bond donors (Lipinski definition) is 2. The number of thioether (sulfide) groups is 1. The van der Waals surface area contributed by atoms with Crippen LogP contribution < -0.4 is 10.6 Å². The maximum atomic E-state index is 11.8. The average Bonchev–Trinajstić information content (AvgIpc) is 3.10. The van der Waals surface area contributed by atoms with Crippen LogP contribution in [0.15, 0.2) is 53.7 Å². The molecule has 32 heavy (non-hydrogen) atoms. The van der Waals surface area contributed by atoms with E-state index >= 15 is 0 Å². The van der Waals surface area contributed by atoms with Crippen LogP contribution in [0.25, 0.3) is 16.8 Å². The van der Waals surface area contributed by atoms with Crippen molar-refractivity contribution in [2.24, 2.45) is 0 Å². The Morgan fingerprint density at radius 2 is 2.06 bits per heavy atom. The molecule has 0 unspecified atom stereocenters. The van der Waals surface area contributed by atoms with Crippen molar-refractivity contribution >= 4 is 45.7 Å². The number of likely N-dealkylation sites (tertiary alicyclic amines) is 1. The van der Waals surface area contributed by atoms with Crippen LogP contribution in [-0.4, -0.2) is 50.1 Å². The topological polar surface area (TPSA) is 100 Å². The van der Waals surface area contributed by atoms with E-state index in [1.807, 2.05) is 18.3 Å². The van der Waals surface area contributed by atoms with Crippen LogP contribution in [0, 0.1) is 0 Å². The predicted octanol–water partition coefficient (Wildman–Crippen LogP) is 3.43. The smallest absolute Gasteiger partial charge is 0.290 e. The SMILES string of the molecule is O=C1NC(=O)/C(=C/c2ccnc(N[C@H]3CCCN(Cc4cc5ccccc5cn4)C3)n2)S1. The monoisotopic (exact) mass is 446 g/mol. The van der Waals surface area contributed by atoms with Gasteiger partial charge in [0.1, 0.15) is 0 Å². The minimum Gasteiger partial charge on any atom is -0.350 e. The highest BCUT2D eigenvalue weighted by molar-refractivity contribution is 8.18. The summed E-state index contributed by atoms with van der Waals surface area (Å²) in [4.78, 5) is 39.3. The van der Waals surface area contributed by atoms with Gasteiger partial charge in [-0.2, -0.15) is 0 Å². The molecule has 2 amide bonds. The molecule has 8 nitrogen and oxygen atoms in total. The quantitative estimate of drug-likeness (QED) is 0.575. The van der Waals surface area contributed by atoms with E-state index < -0.39 is 5.91 Å². The Labute approximate surface area is 189 Å². The lowest BCUT2D eigenvalue weighted by Crippen LogP contribution is -2.42. The van der Waals surface area contributed by atoms with Gasteiger partial charge in [-0.05, 0) is 54.7 Å². The number of carbonyl (C=O) groups is 2. The number of rotatable bonds is 5. The third-order valence-corrected chi connectivity index (χ3v) is 6.32. The van der Waals surface area contributed by atoms with Gasteiger partial charge in [0.05, 0.1) is 16.3 Å². The van der Waals surface area contributed by atoms with E-state index in [0.29, 0.717) is 16.5 Å². The van der Waals surface area contributed by atoms with Crippen LogP contribution >= 0.6 is 11.8 Å². The summed E-state index contributed by atoms with van der Waals surface area (Å²) < 4.78 is 0. The van der Waals surface area contributed by atoms with E-state index in [9.17, 15) is 9.59 Å². The van der Waals surface area contributed by atoms with Crippen molar-refractivity contribution in [3.63, 3.8) is 0 Å². The molecule has 1 atom stereocenters. The van der Waals surface area contributed by atoms with Crippen LogP contribution in [0.5, 0.6) is 0 Å². The highest BCUT2D eigenvalue weighted by Gasteiger charge is 2.25. The molecule has 0 saturated carbocycles. The summed E-state index contributed by atoms with van der Waals surface area (Å²) >= 11 is 0.880. The molecule has 1 aromatic carbocycles. The van der Waals surface area contributed by atoms with Crippen molar-refractivity contribution in [2.45, 2.75) is 25.4 Å². The molecule has 3 aromatic rings. The van der Waals surface area contributed by atoms with E-state index in [2.05, 4.69) is 48.7 Å². The Morgan fingerprint density at radius 1 is 1.19 bits per heavy atom. The fraction of sp³-hybridized carbons (Fsp3) is 0.261. The second kappa shape index (κ2) is 9.05. The van der Waals surface area contributed by atoms with Crippen LogP contribution in [0.1, 0.15) is 24.2 Å². The molecule has 0 spiro atoms. The van der Waals surface area contributed by atoms with Crippen LogP contribution in [-0.2, 0) is 11.3 Å². The largest absolute Gasteiger partial charge is 0.350 e. The van der Waals surface area contributed by atoms with Gasteiger partial charge in [0.15, 0.2) is 0 Å². The number of nitrogens with zero attached hydrogens (tertiary/aromatic N) is 4. The molecule has 2 aromatic heterocycles. The van der Waals surface area contributed by atoms with Gasteiger partial charge in [-0.1, -0.05) is 24.3 Å². The number of imide groups is 1. The molecule has 2 fully saturated rings. The summed E-state index contributed by atoms with van der Waals surface area (Å²) in [6, 6.07) is 12.4. The minimum absolute atomic E-state index is 0.220. The maximum absolute atomic E-state index is 11.8. The lowest BCUT2D eigenvalue weighted by Gasteiger charge is -2.33. The molecular formula is C23H22N6O2S. The summed E-state index contributed by atoms with van der Waals surface area (Å²) in [5.74, 6) is 0.128. The number of pyridine rings is 1. The molecule has 0 radical (unpaired) electrons. The third-order valence-electron chi connectivity index (χ3n) is 5.51. The van der Waals surface area contributed by atoms with Crippen molar-refractivity contribution < 1.29 is 9.59 Å². The van der Waals surface area contributed by atoms with Gasteiger partial charge in [0.25, 0.3) is 11.1 Å². The zero-order valence-electron chi connectivity index (χ0n) is 17.3. The first-order chi connectivity index (χ1) is 15.6. The zero-order chi connectivity index (χ0) is 21.9. The van der Waals surface area contributed by atoms with Gasteiger partial charge in [0.2, 0.25) is 5.95 Å². The first kappa shape index (κ1) is 20.6. The molecule has 2 aliphatic heterocycles. The van der Waals surface area contributed by atoms with Crippen LogP contribution in [0.3, 0.4) is 0 Å². The summed E-state index contributed by atoms with van der Waals surface area (Å²) in [6.07, 6.45) is 7.31. The van der Waals surface area contributed by atoms with Gasteiger partial charge in [-0.3, -0.25) is 24.8 Å². The van der Waals surface area contributed by atoms with Gasteiger partial charge in [-0.15, -0.1) is 0 Å². The number of nitrogens with one attached hydrogen (secondary N) is 2. The Hall–Kier alpha value is -3.30. The number of anilines is 1. The average molecular weight is 447 g/mol. The summed E-state index contributed by atoms with van der Waals surface area (Å²) in [6.45, 7) is 2.70. The number of aromatic nitrogens is 3. The predicted molar refractivity (Wildman–Crippen MR) is 125 cm³/mol. The highest BCUT2D eigenvalue weighted by atomic mass is 32.2. The normalized spacial score (nSPS) is 20.6. The molecule has 4 heterocycles. The second-order valence-electron chi connectivity index (χ2n) is 7.90. The molecule has 162 valence electrons. The minimum atomic E-state index is -0.390. The molecule has 2 aliphatic rings. The van der Waals surface area contributed by atoms with E-state index in [0.717, 1.165) is 55.3 Å². The van der Waals surface area contributed by atoms with Gasteiger partial charge < -0.3 is 5.32 Å². The van der Waals surface area contributed by atoms with Crippen LogP contribution in [0.4, 0.5) is 10.7 Å². The number of amides is 2. The summed E-state index contributed by atoms with van der Waals surface area (Å²) in [5, 5.41) is 7.67. The first-order valence-corrected chi connectivity index (χ1v) is 11.3. The van der Waals surface area contributed by atoms with Gasteiger partial charge >= 0.3 is 0 Å². The molecule has 0 bridgehead atoms. The van der Waals surface area contributed by atoms with Gasteiger partial charge in [-0.25, -0.2) is 9.97 Å². The fourth-order valence-corrected chi connectivity index (χ4v) is 4.69. The lowest BCUT2D eigenvalue weighted by atomic mass is 10.1.